The number of benzene rings is 1. The van der Waals surface area contributed by atoms with E-state index in [1.807, 2.05) is 44.2 Å². The van der Waals surface area contributed by atoms with E-state index in [1.54, 1.807) is 12.1 Å². The molecule has 0 aromatic heterocycles. The molecule has 0 amide bonds. The molecule has 0 radical (unpaired) electrons. The molecule has 21 heavy (non-hydrogen) atoms. The maximum atomic E-state index is 13.0. The summed E-state index contributed by atoms with van der Waals surface area (Å²) in [4.78, 5) is 5.54. The van der Waals surface area contributed by atoms with E-state index in [2.05, 4.69) is 15.9 Å². The average Bonchev–Trinajstić information content (AvgIpc) is 2.78. The highest BCUT2D eigenvalue weighted by Gasteiger charge is 2.57. The summed E-state index contributed by atoms with van der Waals surface area (Å²) in [5.74, 6) is 0. The minimum absolute atomic E-state index is 0.0852. The second kappa shape index (κ2) is 6.34. The summed E-state index contributed by atoms with van der Waals surface area (Å²) in [5.41, 5.74) is 0.908. The van der Waals surface area contributed by atoms with Gasteiger partial charge in [-0.05, 0) is 5.56 Å². The van der Waals surface area contributed by atoms with Crippen molar-refractivity contribution in [2.24, 2.45) is 0 Å². The van der Waals surface area contributed by atoms with Gasteiger partial charge in [-0.1, -0.05) is 60.1 Å². The Kier molecular flexibility index (Phi) is 5.10. The number of nitrogens with zero attached hydrogens (tertiary/aromatic N) is 2. The van der Waals surface area contributed by atoms with Gasteiger partial charge in [0.1, 0.15) is 6.61 Å². The zero-order valence-electron chi connectivity index (χ0n) is 12.5. The fourth-order valence-corrected chi connectivity index (χ4v) is 5.85. The number of hydrogen-bond donors (Lipinski definition) is 0. The van der Waals surface area contributed by atoms with Crippen LogP contribution in [-0.4, -0.2) is 48.2 Å². The highest BCUT2D eigenvalue weighted by molar-refractivity contribution is 9.11. The van der Waals surface area contributed by atoms with Gasteiger partial charge in [0, 0.05) is 20.1 Å². The lowest BCUT2D eigenvalue weighted by Crippen LogP contribution is -2.48. The molecule has 1 aliphatic rings. The Morgan fingerprint density at radius 1 is 1.33 bits per heavy atom. The Morgan fingerprint density at radius 2 is 1.90 bits per heavy atom. The SMILES string of the molecule is CCN(CC)S(=O)(=O)C1(Br)CON(C)C1c1ccccc1. The molecule has 0 aliphatic carbocycles. The van der Waals surface area contributed by atoms with Crippen molar-refractivity contribution < 1.29 is 13.3 Å². The van der Waals surface area contributed by atoms with E-state index >= 15 is 0 Å². The lowest BCUT2D eigenvalue weighted by Gasteiger charge is -2.33. The van der Waals surface area contributed by atoms with Crippen molar-refractivity contribution in [2.75, 3.05) is 26.7 Å². The van der Waals surface area contributed by atoms with E-state index in [4.69, 9.17) is 4.84 Å². The molecule has 2 atom stereocenters. The normalized spacial score (nSPS) is 27.4. The molecule has 7 heteroatoms. The number of rotatable bonds is 5. The van der Waals surface area contributed by atoms with Crippen molar-refractivity contribution in [2.45, 2.75) is 23.5 Å². The van der Waals surface area contributed by atoms with Crippen molar-refractivity contribution in [3.63, 3.8) is 0 Å². The highest BCUT2D eigenvalue weighted by atomic mass is 79.9. The van der Waals surface area contributed by atoms with Crippen LogP contribution in [0.4, 0.5) is 0 Å². The molecule has 0 spiro atoms. The summed E-state index contributed by atoms with van der Waals surface area (Å²) < 4.78 is 26.3. The second-order valence-electron chi connectivity index (χ2n) is 5.01. The number of hydrogen-bond acceptors (Lipinski definition) is 4. The van der Waals surface area contributed by atoms with Crippen LogP contribution in [0.25, 0.3) is 0 Å². The van der Waals surface area contributed by atoms with Crippen LogP contribution in [0.5, 0.6) is 0 Å². The van der Waals surface area contributed by atoms with E-state index < -0.39 is 19.7 Å². The van der Waals surface area contributed by atoms with Gasteiger partial charge in [-0.3, -0.25) is 4.84 Å². The first kappa shape index (κ1) is 16.9. The molecule has 0 saturated carbocycles. The van der Waals surface area contributed by atoms with Gasteiger partial charge in [0.05, 0.1) is 6.04 Å². The molecule has 1 aliphatic heterocycles. The highest BCUT2D eigenvalue weighted by Crippen LogP contribution is 2.48. The Balaban J connectivity index is 2.49. The smallest absolute Gasteiger partial charge is 0.234 e. The van der Waals surface area contributed by atoms with Crippen LogP contribution in [0.1, 0.15) is 25.5 Å². The molecule has 1 saturated heterocycles. The Morgan fingerprint density at radius 3 is 2.43 bits per heavy atom. The van der Waals surface area contributed by atoms with Gasteiger partial charge >= 0.3 is 0 Å². The predicted molar refractivity (Wildman–Crippen MR) is 86.4 cm³/mol. The summed E-state index contributed by atoms with van der Waals surface area (Å²) in [5, 5.41) is 1.62. The van der Waals surface area contributed by atoms with Crippen molar-refractivity contribution >= 4 is 26.0 Å². The lowest BCUT2D eigenvalue weighted by molar-refractivity contribution is -0.110. The fraction of sp³-hybridized carbons (Fsp3) is 0.571. The van der Waals surface area contributed by atoms with Crippen molar-refractivity contribution in [1.82, 2.24) is 9.37 Å². The molecule has 2 unspecified atom stereocenters. The van der Waals surface area contributed by atoms with Crippen molar-refractivity contribution in [3.8, 4) is 0 Å². The third-order valence-corrected chi connectivity index (χ3v) is 8.11. The maximum absolute atomic E-state index is 13.0. The monoisotopic (exact) mass is 376 g/mol. The quantitative estimate of drug-likeness (QED) is 0.740. The third-order valence-electron chi connectivity index (χ3n) is 3.83. The molecule has 1 aromatic rings. The van der Waals surface area contributed by atoms with Gasteiger partial charge in [-0.25, -0.2) is 12.7 Å². The third kappa shape index (κ3) is 2.77. The number of sulfonamides is 1. The zero-order chi connectivity index (χ0) is 15.7. The van der Waals surface area contributed by atoms with Crippen LogP contribution in [0.15, 0.2) is 30.3 Å². The van der Waals surface area contributed by atoms with Crippen LogP contribution in [0.3, 0.4) is 0 Å². The predicted octanol–water partition coefficient (Wildman–Crippen LogP) is 2.37. The van der Waals surface area contributed by atoms with Gasteiger partial charge in [-0.15, -0.1) is 0 Å². The lowest BCUT2D eigenvalue weighted by atomic mass is 10.0. The maximum Gasteiger partial charge on any atom is 0.234 e. The summed E-state index contributed by atoms with van der Waals surface area (Å²) in [6.07, 6.45) is 0. The molecule has 0 N–H and O–H groups in total. The van der Waals surface area contributed by atoms with Crippen LogP contribution in [-0.2, 0) is 14.9 Å². The van der Waals surface area contributed by atoms with E-state index in [0.29, 0.717) is 13.1 Å². The topological polar surface area (TPSA) is 49.9 Å². The second-order valence-corrected chi connectivity index (χ2v) is 9.14. The summed E-state index contributed by atoms with van der Waals surface area (Å²) in [6, 6.07) is 9.16. The van der Waals surface area contributed by atoms with Crippen LogP contribution >= 0.6 is 15.9 Å². The minimum atomic E-state index is -3.55. The average molecular weight is 377 g/mol. The number of hydroxylamine groups is 2. The molecular weight excluding hydrogens is 356 g/mol. The first-order valence-electron chi connectivity index (χ1n) is 6.97. The van der Waals surface area contributed by atoms with E-state index in [1.165, 1.54) is 4.31 Å². The van der Waals surface area contributed by atoms with Gasteiger partial charge in [-0.2, -0.15) is 5.06 Å². The zero-order valence-corrected chi connectivity index (χ0v) is 14.9. The molecule has 1 aromatic carbocycles. The fourth-order valence-electron chi connectivity index (χ4n) is 2.70. The van der Waals surface area contributed by atoms with E-state index in [-0.39, 0.29) is 6.61 Å². The Labute approximate surface area is 135 Å². The number of halogens is 1. The van der Waals surface area contributed by atoms with Crippen LogP contribution in [0.2, 0.25) is 0 Å². The van der Waals surface area contributed by atoms with E-state index in [0.717, 1.165) is 5.56 Å². The molecule has 5 nitrogen and oxygen atoms in total. The van der Waals surface area contributed by atoms with Crippen molar-refractivity contribution in [1.29, 1.82) is 0 Å². The number of alkyl halides is 1. The van der Waals surface area contributed by atoms with Gasteiger partial charge in [0.25, 0.3) is 0 Å². The molecule has 0 bridgehead atoms. The standard InChI is InChI=1S/C14H21BrN2O3S/c1-4-17(5-2)21(18,19)14(15)11-20-16(3)13(14)12-9-7-6-8-10-12/h6-10,13H,4-5,11H2,1-3H3. The van der Waals surface area contributed by atoms with Crippen LogP contribution < -0.4 is 0 Å². The Hall–Kier alpha value is -0.470. The molecule has 1 heterocycles. The van der Waals surface area contributed by atoms with E-state index in [9.17, 15) is 8.42 Å². The van der Waals surface area contributed by atoms with Gasteiger partial charge < -0.3 is 0 Å². The Bertz CT molecular complexity index is 577. The summed E-state index contributed by atoms with van der Waals surface area (Å²) in [6.45, 7) is 4.65. The molecule has 2 rings (SSSR count). The van der Waals surface area contributed by atoms with Crippen LogP contribution in [0, 0.1) is 0 Å². The molecule has 118 valence electrons. The molecular formula is C14H21BrN2O3S. The minimum Gasteiger partial charge on any atom is -0.296 e. The first-order valence-corrected chi connectivity index (χ1v) is 9.21. The summed E-state index contributed by atoms with van der Waals surface area (Å²) >= 11 is 3.50. The summed E-state index contributed by atoms with van der Waals surface area (Å²) in [7, 11) is -1.79. The molecule has 1 fully saturated rings. The largest absolute Gasteiger partial charge is 0.296 e. The van der Waals surface area contributed by atoms with Gasteiger partial charge in [0.2, 0.25) is 10.0 Å². The van der Waals surface area contributed by atoms with Crippen molar-refractivity contribution in [3.05, 3.63) is 35.9 Å². The first-order chi connectivity index (χ1) is 9.88. The van der Waals surface area contributed by atoms with Gasteiger partial charge in [0.15, 0.2) is 3.66 Å².